The van der Waals surface area contributed by atoms with Crippen LogP contribution < -0.4 is 0 Å². The van der Waals surface area contributed by atoms with Gasteiger partial charge in [0.05, 0.1) is 22.9 Å². The van der Waals surface area contributed by atoms with Crippen LogP contribution in [0.1, 0.15) is 43.5 Å². The fourth-order valence-corrected chi connectivity index (χ4v) is 1.82. The van der Waals surface area contributed by atoms with Crippen molar-refractivity contribution in [3.63, 3.8) is 0 Å². The van der Waals surface area contributed by atoms with Gasteiger partial charge in [0.25, 0.3) is 5.69 Å². The first-order chi connectivity index (χ1) is 10.5. The standard InChI is InChI=1S/C16H21NO5/c1-3-4-5-15(18)12(2)10-11-22-16(19)13-6-8-14(9-7-13)17(20)21/h6-12,15,18H,3-5H2,1-2H3/b11-10-/t12-,15+/m0/s1. The fourth-order valence-electron chi connectivity index (χ4n) is 1.82. The van der Waals surface area contributed by atoms with Gasteiger partial charge in [0.1, 0.15) is 0 Å². The Morgan fingerprint density at radius 2 is 2.05 bits per heavy atom. The molecule has 0 aliphatic carbocycles. The summed E-state index contributed by atoms with van der Waals surface area (Å²) in [4.78, 5) is 21.7. The maximum absolute atomic E-state index is 11.7. The third kappa shape index (κ3) is 5.65. The Kier molecular flexibility index (Phi) is 7.25. The maximum Gasteiger partial charge on any atom is 0.342 e. The van der Waals surface area contributed by atoms with E-state index in [-0.39, 0.29) is 17.2 Å². The molecule has 0 fully saturated rings. The summed E-state index contributed by atoms with van der Waals surface area (Å²) < 4.78 is 4.95. The van der Waals surface area contributed by atoms with Crippen LogP contribution in [0.2, 0.25) is 0 Å². The first kappa shape index (κ1) is 17.8. The normalized spacial score (nSPS) is 13.8. The number of carbonyl (C=O) groups is 1. The second-order valence-electron chi connectivity index (χ2n) is 5.11. The summed E-state index contributed by atoms with van der Waals surface area (Å²) in [6, 6.07) is 5.18. The minimum atomic E-state index is -0.596. The van der Waals surface area contributed by atoms with Gasteiger partial charge in [0.2, 0.25) is 0 Å². The summed E-state index contributed by atoms with van der Waals surface area (Å²) in [5, 5.41) is 20.4. The Labute approximate surface area is 129 Å². The molecular formula is C16H21NO5. The Morgan fingerprint density at radius 1 is 1.41 bits per heavy atom. The van der Waals surface area contributed by atoms with E-state index in [2.05, 4.69) is 6.92 Å². The smallest absolute Gasteiger partial charge is 0.342 e. The van der Waals surface area contributed by atoms with Crippen molar-refractivity contribution in [1.29, 1.82) is 0 Å². The van der Waals surface area contributed by atoms with Crippen LogP contribution in [0.25, 0.3) is 0 Å². The number of unbranched alkanes of at least 4 members (excludes halogenated alkanes) is 1. The number of benzene rings is 1. The monoisotopic (exact) mass is 307 g/mol. The van der Waals surface area contributed by atoms with E-state index in [0.717, 1.165) is 12.8 Å². The van der Waals surface area contributed by atoms with Gasteiger partial charge in [-0.1, -0.05) is 26.7 Å². The summed E-state index contributed by atoms with van der Waals surface area (Å²) in [6.45, 7) is 3.90. The van der Waals surface area contributed by atoms with Crippen molar-refractivity contribution in [2.24, 2.45) is 5.92 Å². The second-order valence-corrected chi connectivity index (χ2v) is 5.11. The van der Waals surface area contributed by atoms with E-state index in [9.17, 15) is 20.0 Å². The predicted molar refractivity (Wildman–Crippen MR) is 82.3 cm³/mol. The van der Waals surface area contributed by atoms with Crippen molar-refractivity contribution in [3.05, 3.63) is 52.3 Å². The molecule has 1 aromatic rings. The summed E-state index contributed by atoms with van der Waals surface area (Å²) in [5.41, 5.74) is 0.147. The fraction of sp³-hybridized carbons (Fsp3) is 0.438. The SMILES string of the molecule is CCCC[C@@H](O)[C@@H](C)/C=C\OC(=O)c1ccc([N+](=O)[O-])cc1. The van der Waals surface area contributed by atoms with E-state index in [1.165, 1.54) is 30.5 Å². The van der Waals surface area contributed by atoms with E-state index in [1.807, 2.05) is 6.92 Å². The van der Waals surface area contributed by atoms with Crippen LogP contribution in [0.5, 0.6) is 0 Å². The van der Waals surface area contributed by atoms with Gasteiger partial charge >= 0.3 is 5.97 Å². The number of non-ortho nitro benzene ring substituents is 1. The molecule has 0 aromatic heterocycles. The Hall–Kier alpha value is -2.21. The van der Waals surface area contributed by atoms with Crippen molar-refractivity contribution in [2.75, 3.05) is 0 Å². The topological polar surface area (TPSA) is 89.7 Å². The average molecular weight is 307 g/mol. The van der Waals surface area contributed by atoms with Crippen molar-refractivity contribution in [3.8, 4) is 0 Å². The Morgan fingerprint density at radius 3 is 2.59 bits per heavy atom. The highest BCUT2D eigenvalue weighted by Crippen LogP contribution is 2.14. The lowest BCUT2D eigenvalue weighted by molar-refractivity contribution is -0.384. The third-order valence-electron chi connectivity index (χ3n) is 3.33. The Bertz CT molecular complexity index is 524. The third-order valence-corrected chi connectivity index (χ3v) is 3.33. The molecule has 0 saturated heterocycles. The number of rotatable bonds is 8. The Balaban J connectivity index is 2.51. The van der Waals surface area contributed by atoms with Gasteiger partial charge in [-0.2, -0.15) is 0 Å². The van der Waals surface area contributed by atoms with Crippen LogP contribution in [-0.4, -0.2) is 22.1 Å². The van der Waals surface area contributed by atoms with E-state index >= 15 is 0 Å². The molecule has 0 aliphatic heterocycles. The van der Waals surface area contributed by atoms with Crippen LogP contribution in [0.4, 0.5) is 5.69 Å². The molecule has 0 amide bonds. The summed E-state index contributed by atoms with van der Waals surface area (Å²) >= 11 is 0. The highest BCUT2D eigenvalue weighted by molar-refractivity contribution is 5.90. The highest BCUT2D eigenvalue weighted by Gasteiger charge is 2.12. The largest absolute Gasteiger partial charge is 0.431 e. The second kappa shape index (κ2) is 8.94. The average Bonchev–Trinajstić information content (AvgIpc) is 2.52. The maximum atomic E-state index is 11.7. The summed E-state index contributed by atoms with van der Waals surface area (Å²) in [6.07, 6.45) is 5.09. The van der Waals surface area contributed by atoms with Gasteiger partial charge in [-0.3, -0.25) is 10.1 Å². The van der Waals surface area contributed by atoms with Gasteiger partial charge < -0.3 is 9.84 Å². The summed E-state index contributed by atoms with van der Waals surface area (Å²) in [5.74, 6) is -0.711. The first-order valence-electron chi connectivity index (χ1n) is 7.25. The molecule has 0 aliphatic rings. The van der Waals surface area contributed by atoms with E-state index in [4.69, 9.17) is 4.74 Å². The lowest BCUT2D eigenvalue weighted by Gasteiger charge is -2.14. The molecule has 1 rings (SSSR count). The van der Waals surface area contributed by atoms with Crippen LogP contribution in [0.3, 0.4) is 0 Å². The van der Waals surface area contributed by atoms with Gasteiger partial charge in [-0.05, 0) is 24.6 Å². The molecule has 1 N–H and O–H groups in total. The van der Waals surface area contributed by atoms with Crippen LogP contribution >= 0.6 is 0 Å². The molecule has 0 unspecified atom stereocenters. The number of hydrogen-bond acceptors (Lipinski definition) is 5. The predicted octanol–water partition coefficient (Wildman–Crippen LogP) is 3.45. The number of aliphatic hydroxyl groups excluding tert-OH is 1. The van der Waals surface area contributed by atoms with E-state index in [1.54, 1.807) is 6.08 Å². The number of ether oxygens (including phenoxy) is 1. The molecule has 0 bridgehead atoms. The molecule has 22 heavy (non-hydrogen) atoms. The van der Waals surface area contributed by atoms with Gasteiger partial charge in [0, 0.05) is 18.1 Å². The molecule has 6 heteroatoms. The zero-order chi connectivity index (χ0) is 16.5. The van der Waals surface area contributed by atoms with Crippen LogP contribution in [0.15, 0.2) is 36.6 Å². The molecule has 6 nitrogen and oxygen atoms in total. The molecule has 0 radical (unpaired) electrons. The highest BCUT2D eigenvalue weighted by atomic mass is 16.6. The molecule has 120 valence electrons. The van der Waals surface area contributed by atoms with Crippen molar-refractivity contribution >= 4 is 11.7 Å². The molecular weight excluding hydrogens is 286 g/mol. The molecule has 2 atom stereocenters. The zero-order valence-corrected chi connectivity index (χ0v) is 12.8. The van der Waals surface area contributed by atoms with Crippen LogP contribution in [-0.2, 0) is 4.74 Å². The number of esters is 1. The van der Waals surface area contributed by atoms with Crippen molar-refractivity contribution in [1.82, 2.24) is 0 Å². The zero-order valence-electron chi connectivity index (χ0n) is 12.8. The molecule has 0 heterocycles. The number of aliphatic hydroxyl groups is 1. The molecule has 0 saturated carbocycles. The van der Waals surface area contributed by atoms with E-state index in [0.29, 0.717) is 6.42 Å². The quantitative estimate of drug-likeness (QED) is 0.344. The molecule has 1 aromatic carbocycles. The van der Waals surface area contributed by atoms with Crippen LogP contribution in [0, 0.1) is 16.0 Å². The number of nitrogens with zero attached hydrogens (tertiary/aromatic N) is 1. The van der Waals surface area contributed by atoms with E-state index < -0.39 is 17.0 Å². The first-order valence-corrected chi connectivity index (χ1v) is 7.25. The number of hydrogen-bond donors (Lipinski definition) is 1. The van der Waals surface area contributed by atoms with Gasteiger partial charge in [-0.15, -0.1) is 0 Å². The lowest BCUT2D eigenvalue weighted by atomic mass is 10.00. The number of carbonyl (C=O) groups excluding carboxylic acids is 1. The molecule has 0 spiro atoms. The van der Waals surface area contributed by atoms with Crippen molar-refractivity contribution < 1.29 is 19.6 Å². The van der Waals surface area contributed by atoms with Gasteiger partial charge in [-0.25, -0.2) is 4.79 Å². The van der Waals surface area contributed by atoms with Crippen molar-refractivity contribution in [2.45, 2.75) is 39.2 Å². The van der Waals surface area contributed by atoms with Gasteiger partial charge in [0.15, 0.2) is 0 Å². The minimum Gasteiger partial charge on any atom is -0.431 e. The minimum absolute atomic E-state index is 0.0836. The number of nitro groups is 1. The number of nitro benzene ring substituents is 1. The lowest BCUT2D eigenvalue weighted by Crippen LogP contribution is -2.15. The summed E-state index contributed by atoms with van der Waals surface area (Å²) in [7, 11) is 0.